The first kappa shape index (κ1) is 14.1. The molecule has 1 saturated heterocycles. The summed E-state index contributed by atoms with van der Waals surface area (Å²) in [6.07, 6.45) is 3.67. The Morgan fingerprint density at radius 1 is 1.22 bits per heavy atom. The highest BCUT2D eigenvalue weighted by Crippen LogP contribution is 2.27. The van der Waals surface area contributed by atoms with Gasteiger partial charge >= 0.3 is 0 Å². The highest BCUT2D eigenvalue weighted by atomic mass is 16.5. The molecule has 4 heterocycles. The number of ether oxygens (including phenoxy) is 1. The van der Waals surface area contributed by atoms with Gasteiger partial charge in [-0.3, -0.25) is 4.90 Å². The van der Waals surface area contributed by atoms with Crippen LogP contribution in [0.1, 0.15) is 30.3 Å². The second-order valence-electron chi connectivity index (χ2n) is 5.75. The van der Waals surface area contributed by atoms with Gasteiger partial charge in [-0.25, -0.2) is 0 Å². The molecule has 0 atom stereocenters. The van der Waals surface area contributed by atoms with Crippen molar-refractivity contribution in [2.75, 3.05) is 20.2 Å². The van der Waals surface area contributed by atoms with Gasteiger partial charge in [-0.2, -0.15) is 4.52 Å². The standard InChI is InChI=1S/C15H18N6O2/c1-22-14-3-2-13-16-17-15(21(13)18-14)11-4-7-20(8-5-11)10-12-6-9-23-19-12/h2-3,6,9,11H,4-5,7-8,10H2,1H3. The minimum absolute atomic E-state index is 0.359. The molecule has 120 valence electrons. The first-order valence-corrected chi connectivity index (χ1v) is 7.71. The van der Waals surface area contributed by atoms with Crippen LogP contribution in [0.5, 0.6) is 5.88 Å². The summed E-state index contributed by atoms with van der Waals surface area (Å²) in [5.74, 6) is 1.85. The summed E-state index contributed by atoms with van der Waals surface area (Å²) >= 11 is 0. The molecule has 0 bridgehead atoms. The Hall–Kier alpha value is -2.48. The molecular weight excluding hydrogens is 296 g/mol. The zero-order chi connectivity index (χ0) is 15.6. The van der Waals surface area contributed by atoms with Crippen molar-refractivity contribution in [1.82, 2.24) is 29.9 Å². The van der Waals surface area contributed by atoms with E-state index in [1.807, 2.05) is 12.1 Å². The average molecular weight is 314 g/mol. The number of piperidine rings is 1. The van der Waals surface area contributed by atoms with Crippen LogP contribution in [-0.2, 0) is 6.54 Å². The van der Waals surface area contributed by atoms with E-state index in [9.17, 15) is 0 Å². The summed E-state index contributed by atoms with van der Waals surface area (Å²) in [4.78, 5) is 2.38. The summed E-state index contributed by atoms with van der Waals surface area (Å²) in [6.45, 7) is 2.82. The molecule has 1 aliphatic heterocycles. The molecule has 1 fully saturated rings. The van der Waals surface area contributed by atoms with E-state index in [1.165, 1.54) is 0 Å². The molecular formula is C15H18N6O2. The second kappa shape index (κ2) is 5.96. The molecule has 0 unspecified atom stereocenters. The Balaban J connectivity index is 1.47. The summed E-state index contributed by atoms with van der Waals surface area (Å²) in [6, 6.07) is 5.59. The third kappa shape index (κ3) is 2.77. The monoisotopic (exact) mass is 314 g/mol. The quantitative estimate of drug-likeness (QED) is 0.721. The Morgan fingerprint density at radius 2 is 2.09 bits per heavy atom. The van der Waals surface area contributed by atoms with Crippen molar-refractivity contribution < 1.29 is 9.26 Å². The number of nitrogens with zero attached hydrogens (tertiary/aromatic N) is 6. The SMILES string of the molecule is COc1ccc2nnc(C3CCN(Cc4ccon4)CC3)n2n1. The number of aromatic nitrogens is 5. The number of rotatable bonds is 4. The molecule has 3 aromatic rings. The largest absolute Gasteiger partial charge is 0.480 e. The van der Waals surface area contributed by atoms with Gasteiger partial charge in [0.2, 0.25) is 5.88 Å². The predicted molar refractivity (Wildman–Crippen MR) is 81.1 cm³/mol. The first-order chi connectivity index (χ1) is 11.3. The maximum absolute atomic E-state index is 5.20. The van der Waals surface area contributed by atoms with Crippen LogP contribution in [0.2, 0.25) is 0 Å². The lowest BCUT2D eigenvalue weighted by molar-refractivity contribution is 0.196. The van der Waals surface area contributed by atoms with E-state index in [1.54, 1.807) is 24.0 Å². The maximum atomic E-state index is 5.20. The average Bonchev–Trinajstić information content (AvgIpc) is 3.24. The third-order valence-corrected chi connectivity index (χ3v) is 4.30. The van der Waals surface area contributed by atoms with Crippen LogP contribution < -0.4 is 4.74 Å². The number of methoxy groups -OCH3 is 1. The Bertz CT molecular complexity index is 776. The molecule has 0 N–H and O–H groups in total. The molecule has 0 saturated carbocycles. The van der Waals surface area contributed by atoms with Crippen LogP contribution in [0, 0.1) is 0 Å². The van der Waals surface area contributed by atoms with Crippen molar-refractivity contribution in [3.63, 3.8) is 0 Å². The lowest BCUT2D eigenvalue weighted by Gasteiger charge is -2.30. The third-order valence-electron chi connectivity index (χ3n) is 4.30. The summed E-state index contributed by atoms with van der Waals surface area (Å²) in [5, 5.41) is 17.0. The molecule has 0 aliphatic carbocycles. The smallest absolute Gasteiger partial charge is 0.231 e. The summed E-state index contributed by atoms with van der Waals surface area (Å²) < 4.78 is 11.9. The fourth-order valence-corrected chi connectivity index (χ4v) is 3.05. The number of fused-ring (bicyclic) bond motifs is 1. The lowest BCUT2D eigenvalue weighted by Crippen LogP contribution is -2.33. The Kier molecular flexibility index (Phi) is 3.66. The molecule has 4 rings (SSSR count). The Labute approximate surface area is 133 Å². The van der Waals surface area contributed by atoms with E-state index in [-0.39, 0.29) is 0 Å². The van der Waals surface area contributed by atoms with Gasteiger partial charge < -0.3 is 9.26 Å². The zero-order valence-corrected chi connectivity index (χ0v) is 12.9. The molecule has 1 aliphatic rings. The Morgan fingerprint density at radius 3 is 2.83 bits per heavy atom. The molecule has 0 radical (unpaired) electrons. The van der Waals surface area contributed by atoms with Crippen LogP contribution in [-0.4, -0.2) is 50.1 Å². The van der Waals surface area contributed by atoms with Gasteiger partial charge in [-0.15, -0.1) is 15.3 Å². The molecule has 23 heavy (non-hydrogen) atoms. The van der Waals surface area contributed by atoms with Crippen molar-refractivity contribution in [1.29, 1.82) is 0 Å². The maximum Gasteiger partial charge on any atom is 0.231 e. The van der Waals surface area contributed by atoms with Gasteiger partial charge in [0, 0.05) is 24.6 Å². The van der Waals surface area contributed by atoms with Gasteiger partial charge in [0.25, 0.3) is 0 Å². The van der Waals surface area contributed by atoms with Crippen molar-refractivity contribution >= 4 is 5.65 Å². The normalized spacial score (nSPS) is 16.9. The summed E-state index contributed by atoms with van der Waals surface area (Å²) in [7, 11) is 1.61. The van der Waals surface area contributed by atoms with Crippen LogP contribution in [0.15, 0.2) is 29.0 Å². The van der Waals surface area contributed by atoms with Crippen LogP contribution in [0.4, 0.5) is 0 Å². The summed E-state index contributed by atoms with van der Waals surface area (Å²) in [5.41, 5.74) is 1.73. The molecule has 0 spiro atoms. The van der Waals surface area contributed by atoms with Gasteiger partial charge in [0.1, 0.15) is 6.26 Å². The van der Waals surface area contributed by atoms with E-state index in [2.05, 4.69) is 25.4 Å². The van der Waals surface area contributed by atoms with E-state index in [4.69, 9.17) is 9.26 Å². The van der Waals surface area contributed by atoms with Crippen molar-refractivity contribution in [2.45, 2.75) is 25.3 Å². The minimum Gasteiger partial charge on any atom is -0.480 e. The van der Waals surface area contributed by atoms with Gasteiger partial charge in [0.15, 0.2) is 11.5 Å². The second-order valence-corrected chi connectivity index (χ2v) is 5.75. The fraction of sp³-hybridized carbons (Fsp3) is 0.467. The highest BCUT2D eigenvalue weighted by molar-refractivity contribution is 5.38. The lowest BCUT2D eigenvalue weighted by atomic mass is 9.96. The van der Waals surface area contributed by atoms with E-state index < -0.39 is 0 Å². The molecule has 0 amide bonds. The molecule has 8 nitrogen and oxygen atoms in total. The molecule has 8 heteroatoms. The first-order valence-electron chi connectivity index (χ1n) is 7.71. The number of hydrogen-bond acceptors (Lipinski definition) is 7. The topological polar surface area (TPSA) is 81.6 Å². The molecule has 3 aromatic heterocycles. The van der Waals surface area contributed by atoms with Crippen LogP contribution in [0.25, 0.3) is 5.65 Å². The van der Waals surface area contributed by atoms with E-state index in [0.717, 1.165) is 49.6 Å². The zero-order valence-electron chi connectivity index (χ0n) is 12.9. The van der Waals surface area contributed by atoms with Gasteiger partial charge in [0.05, 0.1) is 12.8 Å². The number of likely N-dealkylation sites (tertiary alicyclic amines) is 1. The van der Waals surface area contributed by atoms with Crippen LogP contribution in [0.3, 0.4) is 0 Å². The van der Waals surface area contributed by atoms with Crippen molar-refractivity contribution in [2.24, 2.45) is 0 Å². The molecule has 0 aromatic carbocycles. The fourth-order valence-electron chi connectivity index (χ4n) is 3.05. The van der Waals surface area contributed by atoms with Crippen molar-refractivity contribution in [3.8, 4) is 5.88 Å². The predicted octanol–water partition coefficient (Wildman–Crippen LogP) is 1.50. The minimum atomic E-state index is 0.359. The van der Waals surface area contributed by atoms with E-state index in [0.29, 0.717) is 11.8 Å². The van der Waals surface area contributed by atoms with Crippen LogP contribution >= 0.6 is 0 Å². The van der Waals surface area contributed by atoms with Crippen molar-refractivity contribution in [3.05, 3.63) is 36.0 Å². The van der Waals surface area contributed by atoms with Gasteiger partial charge in [-0.1, -0.05) is 5.16 Å². The number of hydrogen-bond donors (Lipinski definition) is 0. The highest BCUT2D eigenvalue weighted by Gasteiger charge is 2.25. The van der Waals surface area contributed by atoms with E-state index >= 15 is 0 Å². The van der Waals surface area contributed by atoms with Gasteiger partial charge in [-0.05, 0) is 32.0 Å².